The Bertz CT molecular complexity index is 401. The molecule has 0 unspecified atom stereocenters. The first-order valence-corrected chi connectivity index (χ1v) is 5.28. The molecule has 0 aliphatic carbocycles. The number of aromatic nitrogens is 2. The van der Waals surface area contributed by atoms with E-state index < -0.39 is 0 Å². The number of hydrogen-bond donors (Lipinski definition) is 1. The van der Waals surface area contributed by atoms with Crippen LogP contribution < -0.4 is 5.32 Å². The maximum absolute atomic E-state index is 5.81. The second-order valence-electron chi connectivity index (χ2n) is 2.65. The smallest absolute Gasteiger partial charge is 0.129 e. The average molecular weight is 226 g/mol. The van der Waals surface area contributed by atoms with Crippen LogP contribution in [0.2, 0.25) is 4.34 Å². The van der Waals surface area contributed by atoms with E-state index in [0.29, 0.717) is 0 Å². The van der Waals surface area contributed by atoms with Gasteiger partial charge in [0.15, 0.2) is 0 Å². The highest BCUT2D eigenvalue weighted by atomic mass is 35.5. The van der Waals surface area contributed by atoms with E-state index in [9.17, 15) is 0 Å². The minimum absolute atomic E-state index is 0.744. The van der Waals surface area contributed by atoms with Crippen LogP contribution in [0.25, 0.3) is 0 Å². The lowest BCUT2D eigenvalue weighted by Gasteiger charge is -2.01. The average Bonchev–Trinajstić information content (AvgIpc) is 2.63. The molecule has 14 heavy (non-hydrogen) atoms. The lowest BCUT2D eigenvalue weighted by molar-refractivity contribution is 1.10. The van der Waals surface area contributed by atoms with Crippen LogP contribution in [0.1, 0.15) is 4.88 Å². The largest absolute Gasteiger partial charge is 0.365 e. The molecule has 0 aliphatic rings. The monoisotopic (exact) mass is 225 g/mol. The van der Waals surface area contributed by atoms with Gasteiger partial charge in [0.1, 0.15) is 12.1 Å². The van der Waals surface area contributed by atoms with E-state index in [0.717, 1.165) is 16.7 Å². The van der Waals surface area contributed by atoms with Crippen molar-refractivity contribution in [2.45, 2.75) is 6.54 Å². The van der Waals surface area contributed by atoms with Crippen molar-refractivity contribution in [1.29, 1.82) is 0 Å². The summed E-state index contributed by atoms with van der Waals surface area (Å²) >= 11 is 7.37. The van der Waals surface area contributed by atoms with Crippen molar-refractivity contribution >= 4 is 28.8 Å². The summed E-state index contributed by atoms with van der Waals surface area (Å²) in [6.45, 7) is 0.744. The van der Waals surface area contributed by atoms with Gasteiger partial charge < -0.3 is 5.32 Å². The summed E-state index contributed by atoms with van der Waals surface area (Å²) in [5.41, 5.74) is 0. The lowest BCUT2D eigenvalue weighted by atomic mass is 10.4. The van der Waals surface area contributed by atoms with Gasteiger partial charge in [-0.05, 0) is 18.2 Å². The topological polar surface area (TPSA) is 37.8 Å². The molecule has 0 saturated carbocycles. The molecule has 2 aromatic rings. The summed E-state index contributed by atoms with van der Waals surface area (Å²) in [6.07, 6.45) is 3.22. The highest BCUT2D eigenvalue weighted by Crippen LogP contribution is 2.21. The molecule has 0 amide bonds. The molecule has 3 nitrogen and oxygen atoms in total. The van der Waals surface area contributed by atoms with Gasteiger partial charge in [0.25, 0.3) is 0 Å². The maximum Gasteiger partial charge on any atom is 0.129 e. The quantitative estimate of drug-likeness (QED) is 0.873. The standard InChI is InChI=1S/C9H8ClN3S/c10-8-2-1-7(14-8)5-12-9-3-4-11-6-13-9/h1-4,6H,5H2,(H,11,12,13). The molecule has 0 fully saturated rings. The number of rotatable bonds is 3. The van der Waals surface area contributed by atoms with Crippen molar-refractivity contribution in [3.63, 3.8) is 0 Å². The summed E-state index contributed by atoms with van der Waals surface area (Å²) in [5.74, 6) is 0.824. The molecule has 0 bridgehead atoms. The molecule has 5 heteroatoms. The van der Waals surface area contributed by atoms with E-state index in [1.807, 2.05) is 18.2 Å². The second-order valence-corrected chi connectivity index (χ2v) is 4.45. The number of thiophene rings is 1. The zero-order valence-electron chi connectivity index (χ0n) is 7.27. The predicted molar refractivity (Wildman–Crippen MR) is 58.7 cm³/mol. The molecule has 0 aromatic carbocycles. The molecule has 0 spiro atoms. The molecule has 0 atom stereocenters. The third-order valence-electron chi connectivity index (χ3n) is 1.65. The zero-order valence-corrected chi connectivity index (χ0v) is 8.85. The molecule has 2 aromatic heterocycles. The minimum Gasteiger partial charge on any atom is -0.365 e. The molecule has 2 rings (SSSR count). The van der Waals surface area contributed by atoms with Crippen LogP contribution in [-0.4, -0.2) is 9.97 Å². The van der Waals surface area contributed by atoms with Crippen LogP contribution in [-0.2, 0) is 6.54 Å². The Balaban J connectivity index is 1.95. The Morgan fingerprint density at radius 2 is 2.29 bits per heavy atom. The van der Waals surface area contributed by atoms with Crippen LogP contribution in [0.3, 0.4) is 0 Å². The Kier molecular flexibility index (Phi) is 2.96. The van der Waals surface area contributed by atoms with Crippen molar-refractivity contribution < 1.29 is 0 Å². The van der Waals surface area contributed by atoms with Crippen molar-refractivity contribution in [3.8, 4) is 0 Å². The van der Waals surface area contributed by atoms with Gasteiger partial charge in [0.2, 0.25) is 0 Å². The molecule has 72 valence electrons. The van der Waals surface area contributed by atoms with Gasteiger partial charge in [-0.3, -0.25) is 0 Å². The zero-order chi connectivity index (χ0) is 9.80. The van der Waals surface area contributed by atoms with Gasteiger partial charge in [-0.15, -0.1) is 11.3 Å². The number of nitrogens with zero attached hydrogens (tertiary/aromatic N) is 2. The minimum atomic E-state index is 0.744. The van der Waals surface area contributed by atoms with Crippen molar-refractivity contribution in [2.75, 3.05) is 5.32 Å². The van der Waals surface area contributed by atoms with Gasteiger partial charge in [-0.1, -0.05) is 11.6 Å². The normalized spacial score (nSPS) is 10.1. The summed E-state index contributed by atoms with van der Waals surface area (Å²) < 4.78 is 0.810. The Labute approximate surface area is 90.8 Å². The first kappa shape index (κ1) is 9.43. The van der Waals surface area contributed by atoms with Gasteiger partial charge in [0, 0.05) is 11.1 Å². The second kappa shape index (κ2) is 4.39. The van der Waals surface area contributed by atoms with Gasteiger partial charge in [-0.25, -0.2) is 9.97 Å². The van der Waals surface area contributed by atoms with E-state index in [2.05, 4.69) is 15.3 Å². The molecule has 1 N–H and O–H groups in total. The van der Waals surface area contributed by atoms with E-state index in [1.165, 1.54) is 11.2 Å². The lowest BCUT2D eigenvalue weighted by Crippen LogP contribution is -1.99. The molecule has 0 saturated heterocycles. The van der Waals surface area contributed by atoms with Crippen LogP contribution in [0.15, 0.2) is 30.7 Å². The van der Waals surface area contributed by atoms with E-state index in [1.54, 1.807) is 17.5 Å². The fourth-order valence-corrected chi connectivity index (χ4v) is 2.05. The Morgan fingerprint density at radius 3 is 2.93 bits per heavy atom. The van der Waals surface area contributed by atoms with Crippen LogP contribution >= 0.6 is 22.9 Å². The number of nitrogens with one attached hydrogen (secondary N) is 1. The molecule has 0 aliphatic heterocycles. The van der Waals surface area contributed by atoms with Gasteiger partial charge >= 0.3 is 0 Å². The summed E-state index contributed by atoms with van der Waals surface area (Å²) in [5, 5.41) is 3.17. The Hall–Kier alpha value is -1.13. The number of hydrogen-bond acceptors (Lipinski definition) is 4. The summed E-state index contributed by atoms with van der Waals surface area (Å²) in [4.78, 5) is 9.07. The highest BCUT2D eigenvalue weighted by molar-refractivity contribution is 7.16. The molecular weight excluding hydrogens is 218 g/mol. The first-order valence-electron chi connectivity index (χ1n) is 4.09. The summed E-state index contributed by atoms with van der Waals surface area (Å²) in [7, 11) is 0. The summed E-state index contributed by atoms with van der Waals surface area (Å²) in [6, 6.07) is 5.72. The molecular formula is C9H8ClN3S. The first-order chi connectivity index (χ1) is 6.84. The van der Waals surface area contributed by atoms with Gasteiger partial charge in [-0.2, -0.15) is 0 Å². The van der Waals surface area contributed by atoms with Gasteiger partial charge in [0.05, 0.1) is 10.9 Å². The van der Waals surface area contributed by atoms with E-state index >= 15 is 0 Å². The molecule has 2 heterocycles. The van der Waals surface area contributed by atoms with E-state index in [-0.39, 0.29) is 0 Å². The van der Waals surface area contributed by atoms with Crippen molar-refractivity contribution in [3.05, 3.63) is 39.9 Å². The maximum atomic E-state index is 5.81. The number of anilines is 1. The van der Waals surface area contributed by atoms with Crippen LogP contribution in [0, 0.1) is 0 Å². The third kappa shape index (κ3) is 2.43. The van der Waals surface area contributed by atoms with Crippen molar-refractivity contribution in [2.24, 2.45) is 0 Å². The molecule has 0 radical (unpaired) electrons. The van der Waals surface area contributed by atoms with E-state index in [4.69, 9.17) is 11.6 Å². The van der Waals surface area contributed by atoms with Crippen LogP contribution in [0.4, 0.5) is 5.82 Å². The Morgan fingerprint density at radius 1 is 1.36 bits per heavy atom. The SMILES string of the molecule is Clc1ccc(CNc2ccncn2)s1. The number of halogens is 1. The fraction of sp³-hybridized carbons (Fsp3) is 0.111. The van der Waals surface area contributed by atoms with Crippen LogP contribution in [0.5, 0.6) is 0 Å². The third-order valence-corrected chi connectivity index (χ3v) is 2.89. The van der Waals surface area contributed by atoms with Crippen molar-refractivity contribution in [1.82, 2.24) is 9.97 Å². The fourth-order valence-electron chi connectivity index (χ4n) is 1.02. The highest BCUT2D eigenvalue weighted by Gasteiger charge is 1.97. The predicted octanol–water partition coefficient (Wildman–Crippen LogP) is 2.80.